The Balaban J connectivity index is 1.55. The van der Waals surface area contributed by atoms with Gasteiger partial charge >= 0.3 is 0 Å². The lowest BCUT2D eigenvalue weighted by atomic mass is 10.1. The average Bonchev–Trinajstić information content (AvgIpc) is 3.68. The number of aryl methyl sites for hydroxylation is 1. The molecule has 0 unspecified atom stereocenters. The molecule has 0 radical (unpaired) electrons. The van der Waals surface area contributed by atoms with E-state index < -0.39 is 6.04 Å². The third kappa shape index (κ3) is 7.84. The third-order valence-corrected chi connectivity index (χ3v) is 6.16. The first kappa shape index (κ1) is 27.3. The van der Waals surface area contributed by atoms with Crippen LogP contribution < -0.4 is 10.6 Å². The molecule has 2 N–H and O–H groups in total. The molecule has 194 valence electrons. The molecular formula is C27H37FN6O2. The maximum absolute atomic E-state index is 14.3. The van der Waals surface area contributed by atoms with E-state index in [4.69, 9.17) is 4.98 Å². The lowest BCUT2D eigenvalue weighted by Gasteiger charge is -2.23. The number of nitrogens with zero attached hydrogens (tertiary/aromatic N) is 4. The number of carbonyl (C=O) groups excluding carboxylic acids is 2. The molecule has 1 fully saturated rings. The van der Waals surface area contributed by atoms with Crippen molar-refractivity contribution in [2.75, 3.05) is 39.5 Å². The zero-order valence-corrected chi connectivity index (χ0v) is 21.8. The molecule has 8 nitrogen and oxygen atoms in total. The smallest absolute Gasteiger partial charge is 0.246 e. The number of rotatable bonds is 12. The third-order valence-electron chi connectivity index (χ3n) is 6.16. The number of anilines is 2. The summed E-state index contributed by atoms with van der Waals surface area (Å²) in [5.41, 5.74) is 3.37. The number of nitrogens with one attached hydrogen (secondary N) is 2. The van der Waals surface area contributed by atoms with Gasteiger partial charge in [0.2, 0.25) is 11.8 Å². The van der Waals surface area contributed by atoms with Crippen LogP contribution in [0.5, 0.6) is 0 Å². The number of hydrogen-bond acceptors (Lipinski definition) is 6. The van der Waals surface area contributed by atoms with Crippen molar-refractivity contribution in [3.63, 3.8) is 0 Å². The Labute approximate surface area is 213 Å². The van der Waals surface area contributed by atoms with Gasteiger partial charge in [0, 0.05) is 37.8 Å². The second kappa shape index (κ2) is 12.6. The van der Waals surface area contributed by atoms with Crippen molar-refractivity contribution in [1.82, 2.24) is 25.1 Å². The average molecular weight is 497 g/mol. The zero-order valence-electron chi connectivity index (χ0n) is 21.8. The molecule has 1 aromatic carbocycles. The van der Waals surface area contributed by atoms with Gasteiger partial charge in [-0.05, 0) is 70.5 Å². The molecule has 0 bridgehead atoms. The van der Waals surface area contributed by atoms with Crippen LogP contribution >= 0.6 is 0 Å². The summed E-state index contributed by atoms with van der Waals surface area (Å²) in [5, 5.41) is 6.01. The minimum atomic E-state index is -0.628. The molecule has 1 aliphatic rings. The standard InChI is InChI=1S/C27H37FN6O2/c1-6-23-26(20-9-10-20)32-24(17-30-23)31-22-15-19(14-21(28)16-22)11-12-29-27(36)18(2)34(5)25(35)8-7-13-33(3)4/h7-8,14-18,20H,6,9-13H2,1-5H3,(H,29,36)(H,31,32)/b8-7+/t18-/m0/s1. The molecule has 1 aliphatic carbocycles. The van der Waals surface area contributed by atoms with Gasteiger partial charge in [-0.3, -0.25) is 14.6 Å². The van der Waals surface area contributed by atoms with E-state index in [0.29, 0.717) is 36.9 Å². The molecule has 2 aromatic rings. The van der Waals surface area contributed by atoms with Gasteiger partial charge in [0.25, 0.3) is 0 Å². The maximum atomic E-state index is 14.3. The van der Waals surface area contributed by atoms with Crippen LogP contribution in [0.2, 0.25) is 0 Å². The Morgan fingerprint density at radius 3 is 2.64 bits per heavy atom. The first-order valence-corrected chi connectivity index (χ1v) is 12.5. The van der Waals surface area contributed by atoms with E-state index in [9.17, 15) is 14.0 Å². The molecular weight excluding hydrogens is 459 g/mol. The van der Waals surface area contributed by atoms with Crippen molar-refractivity contribution in [2.45, 2.75) is 51.5 Å². The highest BCUT2D eigenvalue weighted by Gasteiger charge is 2.28. The molecule has 0 spiro atoms. The monoisotopic (exact) mass is 496 g/mol. The Morgan fingerprint density at radius 1 is 1.22 bits per heavy atom. The van der Waals surface area contributed by atoms with Gasteiger partial charge in [0.05, 0.1) is 17.6 Å². The van der Waals surface area contributed by atoms with Crippen molar-refractivity contribution < 1.29 is 14.0 Å². The maximum Gasteiger partial charge on any atom is 0.246 e. The molecule has 0 saturated heterocycles. The zero-order chi connectivity index (χ0) is 26.2. The SMILES string of the molecule is CCc1ncc(Nc2cc(F)cc(CCNC(=O)[C@H](C)N(C)C(=O)/C=C/CN(C)C)c2)nc1C1CC1. The number of hydrogen-bond donors (Lipinski definition) is 2. The van der Waals surface area contributed by atoms with Gasteiger partial charge in [-0.2, -0.15) is 0 Å². The van der Waals surface area contributed by atoms with E-state index in [2.05, 4.69) is 22.5 Å². The number of likely N-dealkylation sites (N-methyl/N-ethyl adjacent to an activating group) is 2. The van der Waals surface area contributed by atoms with Crippen LogP contribution in [0.15, 0.2) is 36.5 Å². The normalized spacial score (nSPS) is 14.2. The molecule has 1 aromatic heterocycles. The van der Waals surface area contributed by atoms with Gasteiger partial charge in [0.15, 0.2) is 0 Å². The van der Waals surface area contributed by atoms with Gasteiger partial charge in [0.1, 0.15) is 17.7 Å². The molecule has 3 rings (SSSR count). The van der Waals surface area contributed by atoms with Crippen LogP contribution in [0.25, 0.3) is 0 Å². The second-order valence-corrected chi connectivity index (χ2v) is 9.52. The highest BCUT2D eigenvalue weighted by molar-refractivity contribution is 5.92. The van der Waals surface area contributed by atoms with E-state index in [-0.39, 0.29) is 17.6 Å². The van der Waals surface area contributed by atoms with Crippen LogP contribution in [0.4, 0.5) is 15.9 Å². The quantitative estimate of drug-likeness (QED) is 0.438. The summed E-state index contributed by atoms with van der Waals surface area (Å²) in [6.45, 7) is 4.71. The number of carbonyl (C=O) groups is 2. The van der Waals surface area contributed by atoms with E-state index >= 15 is 0 Å². The fourth-order valence-electron chi connectivity index (χ4n) is 3.79. The predicted octanol–water partition coefficient (Wildman–Crippen LogP) is 3.42. The molecule has 9 heteroatoms. The van der Waals surface area contributed by atoms with Crippen molar-refractivity contribution >= 4 is 23.3 Å². The fourth-order valence-corrected chi connectivity index (χ4v) is 3.79. The van der Waals surface area contributed by atoms with Crippen molar-refractivity contribution in [3.8, 4) is 0 Å². The molecule has 1 atom stereocenters. The lowest BCUT2D eigenvalue weighted by molar-refractivity contribution is -0.135. The van der Waals surface area contributed by atoms with Gasteiger partial charge in [-0.15, -0.1) is 0 Å². The second-order valence-electron chi connectivity index (χ2n) is 9.52. The van der Waals surface area contributed by atoms with Crippen LogP contribution in [0, 0.1) is 5.82 Å². The van der Waals surface area contributed by atoms with Gasteiger partial charge < -0.3 is 20.4 Å². The molecule has 2 amide bonds. The molecule has 0 aliphatic heterocycles. The Bertz CT molecular complexity index is 1100. The van der Waals surface area contributed by atoms with Gasteiger partial charge in [-0.25, -0.2) is 9.37 Å². The number of aromatic nitrogens is 2. The fraction of sp³-hybridized carbons (Fsp3) is 0.481. The van der Waals surface area contributed by atoms with Crippen molar-refractivity contribution in [1.29, 1.82) is 0 Å². The highest BCUT2D eigenvalue weighted by atomic mass is 19.1. The van der Waals surface area contributed by atoms with E-state index in [1.54, 1.807) is 26.2 Å². The predicted molar refractivity (Wildman–Crippen MR) is 140 cm³/mol. The summed E-state index contributed by atoms with van der Waals surface area (Å²) >= 11 is 0. The topological polar surface area (TPSA) is 90.5 Å². The Kier molecular flexibility index (Phi) is 9.52. The van der Waals surface area contributed by atoms with E-state index in [1.807, 2.05) is 25.1 Å². The van der Waals surface area contributed by atoms with Crippen molar-refractivity contribution in [3.05, 3.63) is 59.3 Å². The molecule has 1 saturated carbocycles. The first-order valence-electron chi connectivity index (χ1n) is 12.5. The van der Waals surface area contributed by atoms with Crippen LogP contribution in [0.1, 0.15) is 49.6 Å². The van der Waals surface area contributed by atoms with E-state index in [1.165, 1.54) is 23.1 Å². The van der Waals surface area contributed by atoms with Crippen LogP contribution in [-0.4, -0.2) is 71.9 Å². The Hall–Kier alpha value is -3.33. The minimum Gasteiger partial charge on any atom is -0.354 e. The number of amides is 2. The minimum absolute atomic E-state index is 0.236. The number of halogens is 1. The van der Waals surface area contributed by atoms with Crippen molar-refractivity contribution in [2.24, 2.45) is 0 Å². The summed E-state index contributed by atoms with van der Waals surface area (Å²) in [4.78, 5) is 37.4. The largest absolute Gasteiger partial charge is 0.354 e. The summed E-state index contributed by atoms with van der Waals surface area (Å²) < 4.78 is 14.3. The van der Waals surface area contributed by atoms with Gasteiger partial charge in [-0.1, -0.05) is 13.0 Å². The summed E-state index contributed by atoms with van der Waals surface area (Å²) in [7, 11) is 5.42. The Morgan fingerprint density at radius 2 is 1.97 bits per heavy atom. The van der Waals surface area contributed by atoms with E-state index in [0.717, 1.165) is 36.2 Å². The van der Waals surface area contributed by atoms with Crippen LogP contribution in [0.3, 0.4) is 0 Å². The number of benzene rings is 1. The molecule has 36 heavy (non-hydrogen) atoms. The summed E-state index contributed by atoms with van der Waals surface area (Å²) in [6, 6.07) is 4.08. The van der Waals surface area contributed by atoms with Crippen LogP contribution in [-0.2, 0) is 22.4 Å². The summed E-state index contributed by atoms with van der Waals surface area (Å²) in [5.74, 6) is 0.206. The molecule has 1 heterocycles. The highest BCUT2D eigenvalue weighted by Crippen LogP contribution is 2.40. The summed E-state index contributed by atoms with van der Waals surface area (Å²) in [6.07, 6.45) is 8.47. The lowest BCUT2D eigenvalue weighted by Crippen LogP contribution is -2.45. The first-order chi connectivity index (χ1) is 17.2.